The smallest absolute Gasteiger partial charge is 0.327 e. The monoisotopic (exact) mass is 237 g/mol. The van der Waals surface area contributed by atoms with Crippen LogP contribution in [-0.2, 0) is 4.74 Å². The van der Waals surface area contributed by atoms with Crippen LogP contribution in [0.25, 0.3) is 0 Å². The van der Waals surface area contributed by atoms with Crippen LogP contribution in [0, 0.1) is 11.8 Å². The minimum atomic E-state index is -4.50. The molecule has 2 aliphatic carbocycles. The molecule has 0 bridgehead atoms. The van der Waals surface area contributed by atoms with Crippen molar-refractivity contribution in [3.63, 3.8) is 0 Å². The molecule has 0 aromatic rings. The van der Waals surface area contributed by atoms with E-state index >= 15 is 0 Å². The van der Waals surface area contributed by atoms with Gasteiger partial charge < -0.3 is 5.73 Å². The quantitative estimate of drug-likeness (QED) is 0.801. The molecule has 2 nitrogen and oxygen atoms in total. The lowest BCUT2D eigenvalue weighted by Crippen LogP contribution is -2.45. The summed E-state index contributed by atoms with van der Waals surface area (Å²) in [7, 11) is 0. The van der Waals surface area contributed by atoms with Crippen LogP contribution in [0.1, 0.15) is 38.5 Å². The third kappa shape index (κ3) is 2.88. The van der Waals surface area contributed by atoms with E-state index in [1.165, 1.54) is 6.42 Å². The summed E-state index contributed by atoms with van der Waals surface area (Å²) in [5.41, 5.74) is 5.98. The Labute approximate surface area is 93.3 Å². The van der Waals surface area contributed by atoms with Gasteiger partial charge in [-0.15, -0.1) is 13.2 Å². The van der Waals surface area contributed by atoms with Crippen molar-refractivity contribution in [2.75, 3.05) is 0 Å². The van der Waals surface area contributed by atoms with Crippen molar-refractivity contribution in [3.05, 3.63) is 0 Å². The Morgan fingerprint density at radius 1 is 1.06 bits per heavy atom. The fraction of sp³-hybridized carbons (Fsp3) is 1.00. The lowest BCUT2D eigenvalue weighted by Gasteiger charge is -2.42. The van der Waals surface area contributed by atoms with Gasteiger partial charge in [-0.1, -0.05) is 19.3 Å². The Morgan fingerprint density at radius 2 is 1.75 bits per heavy atom. The predicted octanol–water partition coefficient (Wildman–Crippen LogP) is 2.82. The van der Waals surface area contributed by atoms with E-state index in [-0.39, 0.29) is 12.0 Å². The molecule has 0 radical (unpaired) electrons. The molecule has 0 aromatic heterocycles. The molecule has 2 aliphatic rings. The first-order valence-electron chi connectivity index (χ1n) is 5.96. The summed E-state index contributed by atoms with van der Waals surface area (Å²) in [4.78, 5) is 0. The van der Waals surface area contributed by atoms with E-state index in [1.807, 2.05) is 0 Å². The molecule has 3 atom stereocenters. The molecule has 94 valence electrons. The zero-order valence-electron chi connectivity index (χ0n) is 9.17. The van der Waals surface area contributed by atoms with Gasteiger partial charge in [0.25, 0.3) is 0 Å². The SMILES string of the molecule is NC1CCC(OC(F)(F)F)CC1C1CCC1. The molecule has 5 heteroatoms. The highest BCUT2D eigenvalue weighted by molar-refractivity contribution is 4.90. The molecule has 2 rings (SSSR count). The van der Waals surface area contributed by atoms with Crippen LogP contribution in [0.15, 0.2) is 0 Å². The Hall–Kier alpha value is -0.290. The number of halogens is 3. The van der Waals surface area contributed by atoms with Crippen molar-refractivity contribution in [3.8, 4) is 0 Å². The first-order chi connectivity index (χ1) is 7.46. The summed E-state index contributed by atoms with van der Waals surface area (Å²) in [5, 5.41) is 0. The minimum absolute atomic E-state index is 0.0679. The van der Waals surface area contributed by atoms with Gasteiger partial charge in [-0.25, -0.2) is 0 Å². The third-order valence-corrected chi connectivity index (χ3v) is 3.96. The lowest BCUT2D eigenvalue weighted by molar-refractivity contribution is -0.347. The average molecular weight is 237 g/mol. The largest absolute Gasteiger partial charge is 0.522 e. The number of nitrogens with two attached hydrogens (primary N) is 1. The number of rotatable bonds is 2. The summed E-state index contributed by atoms with van der Waals surface area (Å²) in [6.07, 6.45) is -0.175. The van der Waals surface area contributed by atoms with E-state index in [2.05, 4.69) is 4.74 Å². The molecule has 2 saturated carbocycles. The fourth-order valence-electron chi connectivity index (χ4n) is 2.89. The Kier molecular flexibility index (Phi) is 3.45. The summed E-state index contributed by atoms with van der Waals surface area (Å²) in [6.45, 7) is 0. The lowest BCUT2D eigenvalue weighted by atomic mass is 9.67. The van der Waals surface area contributed by atoms with Crippen LogP contribution >= 0.6 is 0 Å². The van der Waals surface area contributed by atoms with Crippen LogP contribution in [0.4, 0.5) is 13.2 Å². The highest BCUT2D eigenvalue weighted by atomic mass is 19.4. The Bertz CT molecular complexity index is 238. The number of hydrogen-bond donors (Lipinski definition) is 1. The summed E-state index contributed by atoms with van der Waals surface area (Å²) < 4.78 is 40.4. The molecule has 3 unspecified atom stereocenters. The zero-order valence-corrected chi connectivity index (χ0v) is 9.17. The van der Waals surface area contributed by atoms with Crippen molar-refractivity contribution >= 4 is 0 Å². The molecule has 16 heavy (non-hydrogen) atoms. The molecule has 0 amide bonds. The van der Waals surface area contributed by atoms with Gasteiger partial charge in [0.15, 0.2) is 0 Å². The molecule has 0 spiro atoms. The van der Waals surface area contributed by atoms with Crippen LogP contribution in [0.5, 0.6) is 0 Å². The summed E-state index contributed by atoms with van der Waals surface area (Å²) >= 11 is 0. The normalized spacial score (nSPS) is 37.1. The third-order valence-electron chi connectivity index (χ3n) is 3.96. The number of ether oxygens (including phenoxy) is 1. The second-order valence-corrected chi connectivity index (χ2v) is 5.02. The van der Waals surface area contributed by atoms with Crippen molar-refractivity contribution in [1.29, 1.82) is 0 Å². The first kappa shape index (κ1) is 12.2. The maximum absolute atomic E-state index is 12.1. The minimum Gasteiger partial charge on any atom is -0.327 e. The van der Waals surface area contributed by atoms with Crippen molar-refractivity contribution in [2.45, 2.75) is 57.0 Å². The van der Waals surface area contributed by atoms with Gasteiger partial charge >= 0.3 is 6.36 Å². The van der Waals surface area contributed by atoms with Gasteiger partial charge in [0.1, 0.15) is 0 Å². The van der Waals surface area contributed by atoms with Gasteiger partial charge in [-0.3, -0.25) is 4.74 Å². The molecule has 2 N–H and O–H groups in total. The molecule has 0 aliphatic heterocycles. The Morgan fingerprint density at radius 3 is 2.25 bits per heavy atom. The predicted molar refractivity (Wildman–Crippen MR) is 53.6 cm³/mol. The van der Waals surface area contributed by atoms with Gasteiger partial charge in [-0.05, 0) is 31.1 Å². The molecule has 0 aromatic carbocycles. The molecule has 0 heterocycles. The van der Waals surface area contributed by atoms with E-state index in [0.717, 1.165) is 12.8 Å². The highest BCUT2D eigenvalue weighted by Crippen LogP contribution is 2.42. The molecular weight excluding hydrogens is 219 g/mol. The van der Waals surface area contributed by atoms with Crippen molar-refractivity contribution < 1.29 is 17.9 Å². The average Bonchev–Trinajstić information content (AvgIpc) is 2.05. The first-order valence-corrected chi connectivity index (χ1v) is 5.96. The van der Waals surface area contributed by atoms with Gasteiger partial charge in [0.2, 0.25) is 0 Å². The van der Waals surface area contributed by atoms with Gasteiger partial charge in [-0.2, -0.15) is 0 Å². The van der Waals surface area contributed by atoms with E-state index < -0.39 is 12.5 Å². The standard InChI is InChI=1S/C11H18F3NO/c12-11(13,14)16-8-4-5-10(15)9(6-8)7-2-1-3-7/h7-10H,1-6,15H2. The van der Waals surface area contributed by atoms with Crippen molar-refractivity contribution in [2.24, 2.45) is 17.6 Å². The second kappa shape index (κ2) is 4.53. The van der Waals surface area contributed by atoms with Gasteiger partial charge in [0.05, 0.1) is 6.10 Å². The van der Waals surface area contributed by atoms with Gasteiger partial charge in [0, 0.05) is 6.04 Å². The highest BCUT2D eigenvalue weighted by Gasteiger charge is 2.41. The topological polar surface area (TPSA) is 35.2 Å². The molecular formula is C11H18F3NO. The van der Waals surface area contributed by atoms with E-state index in [9.17, 15) is 13.2 Å². The Balaban J connectivity index is 1.88. The molecule has 0 saturated heterocycles. The van der Waals surface area contributed by atoms with Crippen LogP contribution in [0.2, 0.25) is 0 Å². The zero-order chi connectivity index (χ0) is 11.8. The fourth-order valence-corrected chi connectivity index (χ4v) is 2.89. The van der Waals surface area contributed by atoms with Crippen LogP contribution in [-0.4, -0.2) is 18.5 Å². The van der Waals surface area contributed by atoms with Crippen molar-refractivity contribution in [1.82, 2.24) is 0 Å². The number of hydrogen-bond acceptors (Lipinski definition) is 2. The second-order valence-electron chi connectivity index (χ2n) is 5.02. The van der Waals surface area contributed by atoms with E-state index in [1.54, 1.807) is 0 Å². The maximum atomic E-state index is 12.1. The number of alkyl halides is 3. The summed E-state index contributed by atoms with van der Waals surface area (Å²) in [5.74, 6) is 0.768. The van der Waals surface area contributed by atoms with E-state index in [4.69, 9.17) is 5.73 Å². The molecule has 2 fully saturated rings. The van der Waals surface area contributed by atoms with Crippen LogP contribution < -0.4 is 5.73 Å². The maximum Gasteiger partial charge on any atom is 0.522 e. The van der Waals surface area contributed by atoms with E-state index in [0.29, 0.717) is 25.2 Å². The van der Waals surface area contributed by atoms with Crippen LogP contribution in [0.3, 0.4) is 0 Å². The summed E-state index contributed by atoms with van der Waals surface area (Å²) in [6, 6.07) is 0.0679.